The molecule has 6 nitrogen and oxygen atoms in total. The lowest BCUT2D eigenvalue weighted by atomic mass is 9.98. The van der Waals surface area contributed by atoms with Gasteiger partial charge < -0.3 is 15.6 Å². The van der Waals surface area contributed by atoms with Crippen molar-refractivity contribution in [2.75, 3.05) is 12.8 Å². The zero-order valence-electron chi connectivity index (χ0n) is 14.8. The van der Waals surface area contributed by atoms with E-state index in [4.69, 9.17) is 10.5 Å². The molecule has 4 aromatic rings. The Balaban J connectivity index is 1.84. The van der Waals surface area contributed by atoms with Gasteiger partial charge in [-0.15, -0.1) is 0 Å². The Morgan fingerprint density at radius 2 is 1.74 bits per heavy atom. The number of pyridine rings is 3. The van der Waals surface area contributed by atoms with E-state index in [1.807, 2.05) is 36.4 Å². The van der Waals surface area contributed by atoms with Crippen molar-refractivity contribution in [3.05, 3.63) is 66.7 Å². The number of aromatic nitrogens is 3. The van der Waals surface area contributed by atoms with Crippen LogP contribution in [0.2, 0.25) is 0 Å². The molecule has 0 radical (unpaired) electrons. The summed E-state index contributed by atoms with van der Waals surface area (Å²) in [4.78, 5) is 13.0. The molecule has 4 rings (SSSR count). The molecule has 0 atom stereocenters. The molecule has 6 heteroatoms. The highest BCUT2D eigenvalue weighted by Crippen LogP contribution is 2.32. The first-order chi connectivity index (χ1) is 13.2. The van der Waals surface area contributed by atoms with E-state index >= 15 is 0 Å². The SMILES string of the molecule is COc1ncc(-c2ccc3nccc(-c4ccc(CO)nc4)c3c2)cc1N. The van der Waals surface area contributed by atoms with E-state index in [2.05, 4.69) is 21.0 Å². The molecule has 3 aromatic heterocycles. The van der Waals surface area contributed by atoms with E-state index in [9.17, 15) is 5.11 Å². The van der Waals surface area contributed by atoms with Crippen LogP contribution in [0.5, 0.6) is 5.88 Å². The predicted octanol–water partition coefficient (Wildman–Crippen LogP) is 3.44. The quantitative estimate of drug-likeness (QED) is 0.580. The number of hydrogen-bond acceptors (Lipinski definition) is 6. The van der Waals surface area contributed by atoms with Crippen molar-refractivity contribution in [3.63, 3.8) is 0 Å². The fraction of sp³-hybridized carbons (Fsp3) is 0.0952. The smallest absolute Gasteiger partial charge is 0.236 e. The first-order valence-corrected chi connectivity index (χ1v) is 8.44. The summed E-state index contributed by atoms with van der Waals surface area (Å²) >= 11 is 0. The van der Waals surface area contributed by atoms with Crippen LogP contribution < -0.4 is 10.5 Å². The van der Waals surface area contributed by atoms with E-state index in [1.54, 1.807) is 25.7 Å². The average molecular weight is 358 g/mol. The molecular weight excluding hydrogens is 340 g/mol. The molecule has 0 aliphatic carbocycles. The molecule has 134 valence electrons. The molecule has 0 bridgehead atoms. The Bertz CT molecular complexity index is 1110. The normalized spacial score (nSPS) is 10.9. The maximum atomic E-state index is 9.20. The lowest BCUT2D eigenvalue weighted by Gasteiger charge is -2.10. The second-order valence-electron chi connectivity index (χ2n) is 6.11. The number of anilines is 1. The summed E-state index contributed by atoms with van der Waals surface area (Å²) in [6.07, 6.45) is 5.29. The van der Waals surface area contributed by atoms with Gasteiger partial charge in [-0.1, -0.05) is 12.1 Å². The number of aliphatic hydroxyl groups is 1. The number of nitrogens with two attached hydrogens (primary N) is 1. The lowest BCUT2D eigenvalue weighted by Crippen LogP contribution is -1.95. The third kappa shape index (κ3) is 3.18. The van der Waals surface area contributed by atoms with Crippen molar-refractivity contribution >= 4 is 16.6 Å². The van der Waals surface area contributed by atoms with Crippen molar-refractivity contribution in [1.29, 1.82) is 0 Å². The average Bonchev–Trinajstić information content (AvgIpc) is 2.73. The third-order valence-corrected chi connectivity index (χ3v) is 4.44. The molecular formula is C21H18N4O2. The number of hydrogen-bond donors (Lipinski definition) is 2. The van der Waals surface area contributed by atoms with Gasteiger partial charge in [0.05, 0.1) is 30.6 Å². The van der Waals surface area contributed by atoms with E-state index < -0.39 is 0 Å². The summed E-state index contributed by atoms with van der Waals surface area (Å²) in [5, 5.41) is 10.2. The van der Waals surface area contributed by atoms with Crippen molar-refractivity contribution in [3.8, 4) is 28.1 Å². The molecule has 0 unspecified atom stereocenters. The molecule has 3 N–H and O–H groups in total. The molecule has 3 heterocycles. The Morgan fingerprint density at radius 3 is 2.44 bits per heavy atom. The highest BCUT2D eigenvalue weighted by Gasteiger charge is 2.09. The van der Waals surface area contributed by atoms with Crippen LogP contribution in [0, 0.1) is 0 Å². The topological polar surface area (TPSA) is 94.2 Å². The van der Waals surface area contributed by atoms with Crippen LogP contribution in [0.25, 0.3) is 33.2 Å². The van der Waals surface area contributed by atoms with E-state index in [-0.39, 0.29) is 6.61 Å². The monoisotopic (exact) mass is 358 g/mol. The Morgan fingerprint density at radius 1 is 0.926 bits per heavy atom. The highest BCUT2D eigenvalue weighted by molar-refractivity contribution is 5.96. The molecule has 27 heavy (non-hydrogen) atoms. The van der Waals surface area contributed by atoms with E-state index in [0.717, 1.165) is 33.2 Å². The van der Waals surface area contributed by atoms with Gasteiger partial charge in [-0.3, -0.25) is 9.97 Å². The van der Waals surface area contributed by atoms with Gasteiger partial charge in [-0.2, -0.15) is 0 Å². The fourth-order valence-electron chi connectivity index (χ4n) is 3.05. The minimum atomic E-state index is -0.0760. The molecule has 1 aromatic carbocycles. The number of ether oxygens (including phenoxy) is 1. The molecule has 0 aliphatic heterocycles. The van der Waals surface area contributed by atoms with Gasteiger partial charge in [-0.25, -0.2) is 4.98 Å². The third-order valence-electron chi connectivity index (χ3n) is 4.44. The first-order valence-electron chi connectivity index (χ1n) is 8.44. The molecule has 0 spiro atoms. The highest BCUT2D eigenvalue weighted by atomic mass is 16.5. The summed E-state index contributed by atoms with van der Waals surface area (Å²) < 4.78 is 5.13. The van der Waals surface area contributed by atoms with Crippen LogP contribution in [0.4, 0.5) is 5.69 Å². The number of fused-ring (bicyclic) bond motifs is 1. The summed E-state index contributed by atoms with van der Waals surface area (Å²) in [6.45, 7) is -0.0760. The van der Waals surface area contributed by atoms with Gasteiger partial charge in [0.1, 0.15) is 0 Å². The molecule has 0 aliphatic rings. The van der Waals surface area contributed by atoms with Crippen molar-refractivity contribution in [1.82, 2.24) is 15.0 Å². The minimum Gasteiger partial charge on any atom is -0.480 e. The number of nitrogens with zero attached hydrogens (tertiary/aromatic N) is 3. The van der Waals surface area contributed by atoms with Crippen LogP contribution >= 0.6 is 0 Å². The maximum Gasteiger partial charge on any atom is 0.236 e. The van der Waals surface area contributed by atoms with Gasteiger partial charge >= 0.3 is 0 Å². The van der Waals surface area contributed by atoms with Crippen LogP contribution in [0.3, 0.4) is 0 Å². The number of nitrogen functional groups attached to an aromatic ring is 1. The minimum absolute atomic E-state index is 0.0760. The van der Waals surface area contributed by atoms with Gasteiger partial charge in [-0.05, 0) is 41.5 Å². The summed E-state index contributed by atoms with van der Waals surface area (Å²) in [5.41, 5.74) is 11.9. The number of rotatable bonds is 4. The van der Waals surface area contributed by atoms with Crippen LogP contribution in [-0.2, 0) is 6.61 Å². The first kappa shape index (κ1) is 16.9. The Hall–Kier alpha value is -3.51. The van der Waals surface area contributed by atoms with Gasteiger partial charge in [0, 0.05) is 35.1 Å². The van der Waals surface area contributed by atoms with E-state index in [0.29, 0.717) is 17.3 Å². The largest absolute Gasteiger partial charge is 0.480 e. The Kier molecular flexibility index (Phi) is 4.40. The summed E-state index contributed by atoms with van der Waals surface area (Å²) in [7, 11) is 1.54. The standard InChI is InChI=1S/C21H18N4O2/c1-27-21-19(22)9-15(11-25-21)13-3-5-20-18(8-13)17(6-7-23-20)14-2-4-16(12-26)24-10-14/h2-11,26H,12,22H2,1H3. The Labute approximate surface area is 156 Å². The van der Waals surface area contributed by atoms with Gasteiger partial charge in [0.25, 0.3) is 0 Å². The van der Waals surface area contributed by atoms with Gasteiger partial charge in [0.2, 0.25) is 5.88 Å². The van der Waals surface area contributed by atoms with E-state index in [1.165, 1.54) is 0 Å². The van der Waals surface area contributed by atoms with Crippen molar-refractivity contribution < 1.29 is 9.84 Å². The summed E-state index contributed by atoms with van der Waals surface area (Å²) in [6, 6.07) is 13.6. The second kappa shape index (κ2) is 7.01. The zero-order chi connectivity index (χ0) is 18.8. The number of benzene rings is 1. The van der Waals surface area contributed by atoms with Crippen molar-refractivity contribution in [2.45, 2.75) is 6.61 Å². The molecule has 0 saturated carbocycles. The molecule has 0 fully saturated rings. The predicted molar refractivity (Wildman–Crippen MR) is 105 cm³/mol. The molecule has 0 amide bonds. The van der Waals surface area contributed by atoms with Crippen molar-refractivity contribution in [2.24, 2.45) is 0 Å². The molecule has 0 saturated heterocycles. The van der Waals surface area contributed by atoms with Crippen LogP contribution in [0.15, 0.2) is 61.1 Å². The number of aliphatic hydroxyl groups excluding tert-OH is 1. The fourth-order valence-corrected chi connectivity index (χ4v) is 3.05. The summed E-state index contributed by atoms with van der Waals surface area (Å²) in [5.74, 6) is 0.414. The van der Waals surface area contributed by atoms with Crippen LogP contribution in [0.1, 0.15) is 5.69 Å². The van der Waals surface area contributed by atoms with Crippen LogP contribution in [-0.4, -0.2) is 27.2 Å². The zero-order valence-corrected chi connectivity index (χ0v) is 14.8. The maximum absolute atomic E-state index is 9.20. The number of methoxy groups -OCH3 is 1. The lowest BCUT2D eigenvalue weighted by molar-refractivity contribution is 0.277. The van der Waals surface area contributed by atoms with Gasteiger partial charge in [0.15, 0.2) is 0 Å². The second-order valence-corrected chi connectivity index (χ2v) is 6.11.